The average molecular weight is 417 g/mol. The Kier molecular flexibility index (Phi) is 4.71. The van der Waals surface area contributed by atoms with Gasteiger partial charge in [-0.15, -0.1) is 0 Å². The SMILES string of the molecule is N#Cc1cnc(C(=O)Cc2ccc(F)c([C@@]3(CF)N=C(N)O[C@@H]4C[C@@H]43)c2)c(Cl)c1. The summed E-state index contributed by atoms with van der Waals surface area (Å²) >= 11 is 6.04. The van der Waals surface area contributed by atoms with Crippen LogP contribution in [0.1, 0.15) is 33.6 Å². The zero-order valence-electron chi connectivity index (χ0n) is 15.0. The summed E-state index contributed by atoms with van der Waals surface area (Å²) in [6.07, 6.45) is 1.37. The maximum absolute atomic E-state index is 14.6. The largest absolute Gasteiger partial charge is 0.462 e. The van der Waals surface area contributed by atoms with E-state index >= 15 is 0 Å². The van der Waals surface area contributed by atoms with Crippen LogP contribution in [0.2, 0.25) is 5.02 Å². The second kappa shape index (κ2) is 7.08. The van der Waals surface area contributed by atoms with E-state index in [1.807, 2.05) is 6.07 Å². The Morgan fingerprint density at radius 3 is 2.93 bits per heavy atom. The molecular weight excluding hydrogens is 402 g/mol. The summed E-state index contributed by atoms with van der Waals surface area (Å²) in [7, 11) is 0. The van der Waals surface area contributed by atoms with Crippen molar-refractivity contribution >= 4 is 23.4 Å². The van der Waals surface area contributed by atoms with E-state index in [-0.39, 0.29) is 46.3 Å². The minimum absolute atomic E-state index is 0.00679. The second-order valence-electron chi connectivity index (χ2n) is 7.09. The number of ketones is 1. The predicted octanol–water partition coefficient (Wildman–Crippen LogP) is 3.07. The molecule has 1 aromatic heterocycles. The molecule has 1 aromatic carbocycles. The molecule has 1 fully saturated rings. The van der Waals surface area contributed by atoms with E-state index in [9.17, 15) is 13.6 Å². The fraction of sp³-hybridized carbons (Fsp3) is 0.300. The topological polar surface area (TPSA) is 101 Å². The van der Waals surface area contributed by atoms with Crippen molar-refractivity contribution in [3.8, 4) is 6.07 Å². The summed E-state index contributed by atoms with van der Waals surface area (Å²) in [5.41, 5.74) is 4.95. The Morgan fingerprint density at radius 2 is 2.24 bits per heavy atom. The number of aromatic nitrogens is 1. The third-order valence-electron chi connectivity index (χ3n) is 5.23. The number of amidine groups is 1. The number of hydrogen-bond acceptors (Lipinski definition) is 6. The molecule has 29 heavy (non-hydrogen) atoms. The molecule has 0 saturated heterocycles. The van der Waals surface area contributed by atoms with E-state index in [1.54, 1.807) is 0 Å². The number of benzene rings is 1. The normalized spacial score (nSPS) is 24.7. The van der Waals surface area contributed by atoms with E-state index in [0.717, 1.165) is 0 Å². The number of nitrogens with two attached hydrogens (primary N) is 1. The lowest BCUT2D eigenvalue weighted by molar-refractivity contribution is 0.0988. The fourth-order valence-electron chi connectivity index (χ4n) is 3.71. The van der Waals surface area contributed by atoms with Crippen molar-refractivity contribution in [2.75, 3.05) is 6.67 Å². The molecule has 2 N–H and O–H groups in total. The van der Waals surface area contributed by atoms with Crippen molar-refractivity contribution in [3.63, 3.8) is 0 Å². The number of pyridine rings is 1. The van der Waals surface area contributed by atoms with Crippen LogP contribution in [-0.4, -0.2) is 29.6 Å². The number of carbonyl (C=O) groups is 1. The van der Waals surface area contributed by atoms with Gasteiger partial charge in [-0.2, -0.15) is 5.26 Å². The molecule has 2 aliphatic rings. The van der Waals surface area contributed by atoms with Gasteiger partial charge in [-0.05, 0) is 30.2 Å². The number of hydrogen-bond donors (Lipinski definition) is 1. The number of nitriles is 1. The van der Waals surface area contributed by atoms with Crippen molar-refractivity contribution < 1.29 is 18.3 Å². The molecule has 6 nitrogen and oxygen atoms in total. The summed E-state index contributed by atoms with van der Waals surface area (Å²) in [4.78, 5) is 20.7. The van der Waals surface area contributed by atoms with Crippen LogP contribution < -0.4 is 5.73 Å². The quantitative estimate of drug-likeness (QED) is 0.755. The van der Waals surface area contributed by atoms with Gasteiger partial charge in [-0.25, -0.2) is 13.8 Å². The maximum atomic E-state index is 14.6. The number of aliphatic imine (C=N–C) groups is 1. The molecule has 148 valence electrons. The number of Topliss-reactive ketones (excluding diaryl/α,β-unsaturated/α-hetero) is 1. The zero-order chi connectivity index (χ0) is 20.8. The predicted molar refractivity (Wildman–Crippen MR) is 101 cm³/mol. The zero-order valence-corrected chi connectivity index (χ0v) is 15.8. The third-order valence-corrected chi connectivity index (χ3v) is 5.52. The Labute approximate surface area is 170 Å². The highest BCUT2D eigenvalue weighted by molar-refractivity contribution is 6.33. The average Bonchev–Trinajstić information content (AvgIpc) is 3.48. The second-order valence-corrected chi connectivity index (χ2v) is 7.49. The first-order valence-corrected chi connectivity index (χ1v) is 9.21. The van der Waals surface area contributed by atoms with Gasteiger partial charge < -0.3 is 10.5 Å². The molecule has 2 heterocycles. The lowest BCUT2D eigenvalue weighted by atomic mass is 9.84. The van der Waals surface area contributed by atoms with Gasteiger partial charge in [-0.3, -0.25) is 9.78 Å². The molecule has 1 aliphatic carbocycles. The number of fused-ring (bicyclic) bond motifs is 1. The van der Waals surface area contributed by atoms with Crippen LogP contribution in [0.15, 0.2) is 35.5 Å². The van der Waals surface area contributed by atoms with E-state index in [2.05, 4.69) is 9.98 Å². The summed E-state index contributed by atoms with van der Waals surface area (Å²) in [6.45, 7) is -0.935. The molecule has 0 bridgehead atoms. The van der Waals surface area contributed by atoms with Gasteiger partial charge in [0.25, 0.3) is 6.02 Å². The highest BCUT2D eigenvalue weighted by Crippen LogP contribution is 2.53. The van der Waals surface area contributed by atoms with Gasteiger partial charge in [0, 0.05) is 24.1 Å². The molecule has 1 aliphatic heterocycles. The molecule has 3 atom stereocenters. The lowest BCUT2D eigenvalue weighted by Crippen LogP contribution is -2.39. The Bertz CT molecular complexity index is 1080. The minimum atomic E-state index is -1.46. The molecule has 0 radical (unpaired) electrons. The minimum Gasteiger partial charge on any atom is -0.462 e. The van der Waals surface area contributed by atoms with E-state index in [0.29, 0.717) is 12.0 Å². The molecule has 0 amide bonds. The number of ether oxygens (including phenoxy) is 1. The van der Waals surface area contributed by atoms with Crippen LogP contribution in [0.4, 0.5) is 8.78 Å². The highest BCUT2D eigenvalue weighted by Gasteiger charge is 2.60. The van der Waals surface area contributed by atoms with Crippen LogP contribution in [0.3, 0.4) is 0 Å². The van der Waals surface area contributed by atoms with Crippen molar-refractivity contribution in [1.29, 1.82) is 5.26 Å². The first-order chi connectivity index (χ1) is 13.9. The van der Waals surface area contributed by atoms with Gasteiger partial charge in [0.05, 0.1) is 10.6 Å². The molecule has 9 heteroatoms. The standard InChI is InChI=1S/C20H15ClF2N4O2/c21-14-4-11(7-24)8-26-18(14)16(28)5-10-1-2-15(23)12(3-10)20(9-22)13-6-17(13)29-19(25)27-20/h1-4,8,13,17H,5-6,9H2,(H2,25,27)/t13-,17+,20+/m0/s1. The summed E-state index contributed by atoms with van der Waals surface area (Å²) in [5.74, 6) is -1.35. The van der Waals surface area contributed by atoms with Crippen molar-refractivity contribution in [2.45, 2.75) is 24.5 Å². The van der Waals surface area contributed by atoms with Crippen LogP contribution in [0.5, 0.6) is 0 Å². The summed E-state index contributed by atoms with van der Waals surface area (Å²) in [6, 6.07) is 7.12. The van der Waals surface area contributed by atoms with E-state index in [4.69, 9.17) is 27.3 Å². The van der Waals surface area contributed by atoms with Crippen molar-refractivity contribution in [2.24, 2.45) is 16.6 Å². The molecule has 2 aromatic rings. The Hall–Kier alpha value is -3.05. The van der Waals surface area contributed by atoms with Gasteiger partial charge in [0.1, 0.15) is 35.9 Å². The van der Waals surface area contributed by atoms with Crippen molar-refractivity contribution in [1.82, 2.24) is 4.98 Å². The summed E-state index contributed by atoms with van der Waals surface area (Å²) < 4.78 is 34.1. The molecule has 1 saturated carbocycles. The fourth-order valence-corrected chi connectivity index (χ4v) is 3.99. The highest BCUT2D eigenvalue weighted by atomic mass is 35.5. The van der Waals surface area contributed by atoms with Gasteiger partial charge in [0.15, 0.2) is 5.78 Å². The van der Waals surface area contributed by atoms with Crippen LogP contribution in [-0.2, 0) is 16.7 Å². The number of halogens is 3. The first kappa shape index (κ1) is 19.3. The first-order valence-electron chi connectivity index (χ1n) is 8.83. The molecular formula is C20H15ClF2N4O2. The lowest BCUT2D eigenvalue weighted by Gasteiger charge is -2.31. The van der Waals surface area contributed by atoms with E-state index in [1.165, 1.54) is 30.5 Å². The van der Waals surface area contributed by atoms with Crippen LogP contribution in [0, 0.1) is 23.1 Å². The number of carbonyl (C=O) groups excluding carboxylic acids is 1. The number of alkyl halides is 1. The Morgan fingerprint density at radius 1 is 1.45 bits per heavy atom. The summed E-state index contributed by atoms with van der Waals surface area (Å²) in [5, 5.41) is 8.92. The van der Waals surface area contributed by atoms with Crippen LogP contribution >= 0.6 is 11.6 Å². The molecule has 0 spiro atoms. The van der Waals surface area contributed by atoms with E-state index < -0.39 is 23.8 Å². The van der Waals surface area contributed by atoms with Gasteiger partial charge in [0.2, 0.25) is 0 Å². The van der Waals surface area contributed by atoms with Gasteiger partial charge >= 0.3 is 0 Å². The Balaban J connectivity index is 1.67. The number of nitrogens with zero attached hydrogens (tertiary/aromatic N) is 3. The molecule has 0 unspecified atom stereocenters. The smallest absolute Gasteiger partial charge is 0.283 e. The van der Waals surface area contributed by atoms with Crippen molar-refractivity contribution in [3.05, 3.63) is 63.7 Å². The third kappa shape index (κ3) is 3.32. The van der Waals surface area contributed by atoms with Gasteiger partial charge in [-0.1, -0.05) is 17.7 Å². The molecule has 4 rings (SSSR count). The maximum Gasteiger partial charge on any atom is 0.283 e. The number of rotatable bonds is 5. The van der Waals surface area contributed by atoms with Crippen LogP contribution in [0.25, 0.3) is 0 Å². The monoisotopic (exact) mass is 416 g/mol.